The summed E-state index contributed by atoms with van der Waals surface area (Å²) in [5, 5.41) is 3.52. The van der Waals surface area contributed by atoms with E-state index >= 15 is 0 Å². The first-order chi connectivity index (χ1) is 12.9. The number of ether oxygens (including phenoxy) is 1. The molecule has 0 aromatic heterocycles. The van der Waals surface area contributed by atoms with Crippen LogP contribution >= 0.6 is 47.8 Å². The zero-order chi connectivity index (χ0) is 19.4. The van der Waals surface area contributed by atoms with Crippen LogP contribution in [0.1, 0.15) is 22.3 Å². The summed E-state index contributed by atoms with van der Waals surface area (Å²) in [5.74, 6) is 0.813. The third-order valence-electron chi connectivity index (χ3n) is 4.44. The molecule has 3 aromatic rings. The fraction of sp³-hybridized carbons (Fsp3) is 0.182. The topological polar surface area (TPSA) is 21.3 Å². The van der Waals surface area contributed by atoms with Crippen LogP contribution in [0.2, 0.25) is 0 Å². The van der Waals surface area contributed by atoms with Gasteiger partial charge in [-0.05, 0) is 98.3 Å². The predicted molar refractivity (Wildman–Crippen MR) is 124 cm³/mol. The SMILES string of the molecule is Cc1cccc(NCc2cc(Br)c(OCc3ccc(Br)cc3)c(Br)c2)c1C. The summed E-state index contributed by atoms with van der Waals surface area (Å²) >= 11 is 10.7. The molecule has 1 N–H and O–H groups in total. The summed E-state index contributed by atoms with van der Waals surface area (Å²) in [7, 11) is 0. The van der Waals surface area contributed by atoms with Crippen LogP contribution in [0.5, 0.6) is 5.75 Å². The standard InChI is InChI=1S/C22H20Br3NO/c1-14-4-3-5-21(15(14)2)26-12-17-10-19(24)22(20(25)11-17)27-13-16-6-8-18(23)9-7-16/h3-11,26H,12-13H2,1-2H3. The van der Waals surface area contributed by atoms with Gasteiger partial charge in [-0.15, -0.1) is 0 Å². The molecule has 0 saturated carbocycles. The van der Waals surface area contributed by atoms with Crippen molar-refractivity contribution in [2.45, 2.75) is 27.0 Å². The Morgan fingerprint density at radius 2 is 1.52 bits per heavy atom. The Morgan fingerprint density at radius 3 is 2.19 bits per heavy atom. The maximum absolute atomic E-state index is 6.02. The van der Waals surface area contributed by atoms with Gasteiger partial charge in [0.2, 0.25) is 0 Å². The average Bonchev–Trinajstić information content (AvgIpc) is 2.64. The number of aryl methyl sites for hydroxylation is 1. The van der Waals surface area contributed by atoms with Gasteiger partial charge >= 0.3 is 0 Å². The van der Waals surface area contributed by atoms with Crippen LogP contribution in [-0.2, 0) is 13.2 Å². The van der Waals surface area contributed by atoms with E-state index in [4.69, 9.17) is 4.74 Å². The van der Waals surface area contributed by atoms with Gasteiger partial charge in [0.25, 0.3) is 0 Å². The molecule has 3 aromatic carbocycles. The summed E-state index contributed by atoms with van der Waals surface area (Å²) in [5.41, 5.74) is 6.03. The van der Waals surface area contributed by atoms with Crippen molar-refractivity contribution >= 4 is 53.5 Å². The van der Waals surface area contributed by atoms with Crippen molar-refractivity contribution in [3.05, 3.63) is 90.3 Å². The minimum absolute atomic E-state index is 0.518. The van der Waals surface area contributed by atoms with E-state index in [9.17, 15) is 0 Å². The summed E-state index contributed by atoms with van der Waals surface area (Å²) in [6.45, 7) is 5.53. The fourth-order valence-corrected chi connectivity index (χ4v) is 4.50. The second-order valence-electron chi connectivity index (χ2n) is 6.40. The largest absolute Gasteiger partial charge is 0.487 e. The van der Waals surface area contributed by atoms with Gasteiger partial charge in [-0.2, -0.15) is 0 Å². The van der Waals surface area contributed by atoms with Gasteiger partial charge in [0.05, 0.1) is 8.95 Å². The van der Waals surface area contributed by atoms with Crippen molar-refractivity contribution in [1.82, 2.24) is 0 Å². The molecule has 0 radical (unpaired) electrons. The molecule has 0 heterocycles. The molecule has 5 heteroatoms. The molecular formula is C22H20Br3NO. The third-order valence-corrected chi connectivity index (χ3v) is 6.15. The zero-order valence-electron chi connectivity index (χ0n) is 15.2. The van der Waals surface area contributed by atoms with Crippen molar-refractivity contribution in [3.63, 3.8) is 0 Å². The Morgan fingerprint density at radius 1 is 0.852 bits per heavy atom. The molecular weight excluding hydrogens is 534 g/mol. The maximum Gasteiger partial charge on any atom is 0.148 e. The number of hydrogen-bond donors (Lipinski definition) is 1. The maximum atomic E-state index is 6.02. The average molecular weight is 554 g/mol. The van der Waals surface area contributed by atoms with Crippen molar-refractivity contribution in [2.24, 2.45) is 0 Å². The number of benzene rings is 3. The highest BCUT2D eigenvalue weighted by Crippen LogP contribution is 2.35. The normalized spacial score (nSPS) is 10.7. The Kier molecular flexibility index (Phi) is 7.01. The first-order valence-corrected chi connectivity index (χ1v) is 11.0. The van der Waals surface area contributed by atoms with E-state index in [1.165, 1.54) is 16.7 Å². The highest BCUT2D eigenvalue weighted by Gasteiger charge is 2.10. The molecule has 0 aliphatic rings. The number of nitrogens with one attached hydrogen (secondary N) is 1. The van der Waals surface area contributed by atoms with E-state index in [-0.39, 0.29) is 0 Å². The number of rotatable bonds is 6. The lowest BCUT2D eigenvalue weighted by Crippen LogP contribution is -2.03. The Balaban J connectivity index is 1.68. The molecule has 0 aliphatic carbocycles. The van der Waals surface area contributed by atoms with Gasteiger partial charge in [0.1, 0.15) is 12.4 Å². The molecule has 0 saturated heterocycles. The molecule has 0 unspecified atom stereocenters. The molecule has 140 valence electrons. The minimum atomic E-state index is 0.518. The molecule has 0 aliphatic heterocycles. The van der Waals surface area contributed by atoms with E-state index in [1.807, 2.05) is 24.3 Å². The van der Waals surface area contributed by atoms with Gasteiger partial charge in [-0.1, -0.05) is 40.2 Å². The van der Waals surface area contributed by atoms with Crippen LogP contribution in [0.25, 0.3) is 0 Å². The van der Waals surface area contributed by atoms with Crippen LogP contribution in [-0.4, -0.2) is 0 Å². The summed E-state index contributed by atoms with van der Waals surface area (Å²) < 4.78 is 8.95. The monoisotopic (exact) mass is 551 g/mol. The van der Waals surface area contributed by atoms with Gasteiger partial charge in [0.15, 0.2) is 0 Å². The summed E-state index contributed by atoms with van der Waals surface area (Å²) in [6.07, 6.45) is 0. The van der Waals surface area contributed by atoms with Gasteiger partial charge in [-0.25, -0.2) is 0 Å². The molecule has 0 bridgehead atoms. The third kappa shape index (κ3) is 5.37. The van der Waals surface area contributed by atoms with Gasteiger partial charge in [0, 0.05) is 16.7 Å². The van der Waals surface area contributed by atoms with E-state index in [1.54, 1.807) is 0 Å². The van der Waals surface area contributed by atoms with Crippen LogP contribution < -0.4 is 10.1 Å². The number of anilines is 1. The van der Waals surface area contributed by atoms with Crippen LogP contribution in [0, 0.1) is 13.8 Å². The minimum Gasteiger partial charge on any atom is -0.487 e. The van der Waals surface area contributed by atoms with E-state index in [0.717, 1.165) is 37.0 Å². The van der Waals surface area contributed by atoms with E-state index < -0.39 is 0 Å². The van der Waals surface area contributed by atoms with E-state index in [0.29, 0.717) is 6.61 Å². The van der Waals surface area contributed by atoms with Gasteiger partial charge < -0.3 is 10.1 Å². The Labute approximate surface area is 185 Å². The summed E-state index contributed by atoms with van der Waals surface area (Å²) in [6, 6.07) is 18.7. The molecule has 0 atom stereocenters. The quantitative estimate of drug-likeness (QED) is 0.336. The lowest BCUT2D eigenvalue weighted by molar-refractivity contribution is 0.302. The molecule has 2 nitrogen and oxygen atoms in total. The fourth-order valence-electron chi connectivity index (χ4n) is 2.73. The lowest BCUT2D eigenvalue weighted by atomic mass is 10.1. The lowest BCUT2D eigenvalue weighted by Gasteiger charge is -2.15. The highest BCUT2D eigenvalue weighted by atomic mass is 79.9. The molecule has 0 fully saturated rings. The second kappa shape index (κ2) is 9.26. The number of hydrogen-bond acceptors (Lipinski definition) is 2. The summed E-state index contributed by atoms with van der Waals surface area (Å²) in [4.78, 5) is 0. The zero-order valence-corrected chi connectivity index (χ0v) is 19.9. The Hall–Kier alpha value is -1.30. The number of halogens is 3. The predicted octanol–water partition coefficient (Wildman–Crippen LogP) is 7.78. The van der Waals surface area contributed by atoms with Crippen molar-refractivity contribution in [2.75, 3.05) is 5.32 Å². The van der Waals surface area contributed by atoms with Crippen molar-refractivity contribution < 1.29 is 4.74 Å². The van der Waals surface area contributed by atoms with Crippen molar-refractivity contribution in [3.8, 4) is 5.75 Å². The molecule has 3 rings (SSSR count). The van der Waals surface area contributed by atoms with Crippen LogP contribution in [0.3, 0.4) is 0 Å². The van der Waals surface area contributed by atoms with E-state index in [2.05, 4.69) is 97.3 Å². The smallest absolute Gasteiger partial charge is 0.148 e. The second-order valence-corrected chi connectivity index (χ2v) is 9.03. The molecule has 0 spiro atoms. The molecule has 0 amide bonds. The highest BCUT2D eigenvalue weighted by molar-refractivity contribution is 9.11. The van der Waals surface area contributed by atoms with Crippen molar-refractivity contribution in [1.29, 1.82) is 0 Å². The van der Waals surface area contributed by atoms with Crippen LogP contribution in [0.4, 0.5) is 5.69 Å². The first-order valence-electron chi connectivity index (χ1n) is 8.59. The Bertz CT molecular complexity index is 916. The molecule has 27 heavy (non-hydrogen) atoms. The first kappa shape index (κ1) is 20.4. The van der Waals surface area contributed by atoms with Crippen LogP contribution in [0.15, 0.2) is 68.0 Å². The van der Waals surface area contributed by atoms with Gasteiger partial charge in [-0.3, -0.25) is 0 Å².